The maximum atomic E-state index is 4.34. The molecule has 0 amide bonds. The lowest BCUT2D eigenvalue weighted by molar-refractivity contribution is 0.337. The van der Waals surface area contributed by atoms with E-state index in [1.165, 1.54) is 31.6 Å². The average Bonchev–Trinajstić information content (AvgIpc) is 2.67. The van der Waals surface area contributed by atoms with E-state index in [9.17, 15) is 0 Å². The third-order valence-electron chi connectivity index (χ3n) is 2.92. The fraction of sp³-hybridized carbons (Fsp3) is 0.727. The van der Waals surface area contributed by atoms with Crippen molar-refractivity contribution in [3.63, 3.8) is 0 Å². The maximum absolute atomic E-state index is 4.34. The van der Waals surface area contributed by atoms with E-state index >= 15 is 0 Å². The molecule has 1 fully saturated rings. The van der Waals surface area contributed by atoms with Crippen LogP contribution in [0, 0.1) is 5.92 Å². The highest BCUT2D eigenvalue weighted by molar-refractivity contribution is 4.96. The summed E-state index contributed by atoms with van der Waals surface area (Å²) in [4.78, 5) is 4.34. The van der Waals surface area contributed by atoms with Crippen molar-refractivity contribution in [2.24, 2.45) is 5.92 Å². The quantitative estimate of drug-likeness (QED) is 0.787. The molecule has 0 bridgehead atoms. The number of nitrogens with zero attached hydrogens (tertiary/aromatic N) is 2. The third kappa shape index (κ3) is 2.35. The second-order valence-corrected chi connectivity index (χ2v) is 4.13. The maximum Gasteiger partial charge on any atom is 0.0949 e. The first-order chi connectivity index (χ1) is 6.88. The molecule has 0 aliphatic carbocycles. The number of piperidine rings is 1. The van der Waals surface area contributed by atoms with Gasteiger partial charge >= 0.3 is 0 Å². The van der Waals surface area contributed by atoms with Crippen molar-refractivity contribution in [3.8, 4) is 0 Å². The van der Waals surface area contributed by atoms with Crippen molar-refractivity contribution in [2.45, 2.75) is 32.7 Å². The Bertz CT molecular complexity index is 274. The molecule has 0 spiro atoms. The van der Waals surface area contributed by atoms with E-state index in [-0.39, 0.29) is 0 Å². The van der Waals surface area contributed by atoms with Gasteiger partial charge in [-0.2, -0.15) is 0 Å². The summed E-state index contributed by atoms with van der Waals surface area (Å²) in [6.45, 7) is 5.63. The van der Waals surface area contributed by atoms with E-state index in [1.54, 1.807) is 0 Å². The molecule has 0 saturated carbocycles. The van der Waals surface area contributed by atoms with Gasteiger partial charge in [0.1, 0.15) is 0 Å². The van der Waals surface area contributed by atoms with Crippen LogP contribution in [0.4, 0.5) is 0 Å². The van der Waals surface area contributed by atoms with E-state index in [0.29, 0.717) is 0 Å². The Kier molecular flexibility index (Phi) is 3.19. The van der Waals surface area contributed by atoms with Crippen LogP contribution >= 0.6 is 0 Å². The Morgan fingerprint density at radius 3 is 3.21 bits per heavy atom. The van der Waals surface area contributed by atoms with Gasteiger partial charge < -0.3 is 9.88 Å². The zero-order valence-electron chi connectivity index (χ0n) is 8.87. The van der Waals surface area contributed by atoms with Crippen molar-refractivity contribution in [1.82, 2.24) is 14.9 Å². The second kappa shape index (κ2) is 4.60. The molecule has 1 aliphatic rings. The Hall–Kier alpha value is -0.830. The standard InChI is InChI=1S/C11H19N3/c1-2-11-8-14(9-13-11)7-10-4-3-5-12-6-10/h8-10,12H,2-7H2,1H3/t10-/m1/s1. The van der Waals surface area contributed by atoms with Crippen molar-refractivity contribution in [2.75, 3.05) is 13.1 Å². The minimum absolute atomic E-state index is 0.794. The van der Waals surface area contributed by atoms with Crippen LogP contribution in [0.1, 0.15) is 25.5 Å². The Balaban J connectivity index is 1.89. The summed E-state index contributed by atoms with van der Waals surface area (Å²) >= 11 is 0. The summed E-state index contributed by atoms with van der Waals surface area (Å²) in [6, 6.07) is 0. The summed E-state index contributed by atoms with van der Waals surface area (Å²) in [7, 11) is 0. The lowest BCUT2D eigenvalue weighted by atomic mass is 10.00. The van der Waals surface area contributed by atoms with Gasteiger partial charge in [0.15, 0.2) is 0 Å². The van der Waals surface area contributed by atoms with E-state index in [4.69, 9.17) is 0 Å². The molecule has 1 N–H and O–H groups in total. The normalized spacial score (nSPS) is 22.5. The fourth-order valence-corrected chi connectivity index (χ4v) is 2.07. The molecule has 78 valence electrons. The van der Waals surface area contributed by atoms with Gasteiger partial charge in [0.2, 0.25) is 0 Å². The molecular formula is C11H19N3. The zero-order chi connectivity index (χ0) is 9.80. The molecule has 1 aromatic heterocycles. The van der Waals surface area contributed by atoms with Crippen LogP contribution in [-0.2, 0) is 13.0 Å². The van der Waals surface area contributed by atoms with Gasteiger partial charge in [0, 0.05) is 12.7 Å². The van der Waals surface area contributed by atoms with Crippen LogP contribution in [-0.4, -0.2) is 22.6 Å². The first kappa shape index (κ1) is 9.71. The molecule has 1 aromatic rings. The van der Waals surface area contributed by atoms with Gasteiger partial charge in [-0.1, -0.05) is 6.92 Å². The lowest BCUT2D eigenvalue weighted by Gasteiger charge is -2.22. The third-order valence-corrected chi connectivity index (χ3v) is 2.92. The summed E-state index contributed by atoms with van der Waals surface area (Å²) in [6.07, 6.45) is 7.85. The van der Waals surface area contributed by atoms with Crippen LogP contribution in [0.25, 0.3) is 0 Å². The number of hydrogen-bond donors (Lipinski definition) is 1. The SMILES string of the molecule is CCc1cn(C[C@@H]2CCCNC2)cn1. The van der Waals surface area contributed by atoms with Crippen LogP contribution < -0.4 is 5.32 Å². The monoisotopic (exact) mass is 193 g/mol. The topological polar surface area (TPSA) is 29.9 Å². The number of imidazole rings is 1. The van der Waals surface area contributed by atoms with Crippen molar-refractivity contribution in [1.29, 1.82) is 0 Å². The molecule has 2 heterocycles. The van der Waals surface area contributed by atoms with Crippen LogP contribution in [0.5, 0.6) is 0 Å². The van der Waals surface area contributed by atoms with Gasteiger partial charge in [-0.05, 0) is 38.3 Å². The highest BCUT2D eigenvalue weighted by Crippen LogP contribution is 2.12. The predicted molar refractivity (Wildman–Crippen MR) is 57.2 cm³/mol. The lowest BCUT2D eigenvalue weighted by Crippen LogP contribution is -2.31. The number of hydrogen-bond acceptors (Lipinski definition) is 2. The number of aromatic nitrogens is 2. The summed E-state index contributed by atoms with van der Waals surface area (Å²) in [5.74, 6) is 0.794. The first-order valence-corrected chi connectivity index (χ1v) is 5.60. The predicted octanol–water partition coefficient (Wildman–Crippen LogP) is 1.45. The first-order valence-electron chi connectivity index (χ1n) is 5.60. The number of aryl methyl sites for hydroxylation is 1. The molecule has 3 nitrogen and oxygen atoms in total. The molecule has 1 aliphatic heterocycles. The minimum atomic E-state index is 0.794. The molecular weight excluding hydrogens is 174 g/mol. The Morgan fingerprint density at radius 2 is 2.57 bits per heavy atom. The van der Waals surface area contributed by atoms with Crippen molar-refractivity contribution in [3.05, 3.63) is 18.2 Å². The highest BCUT2D eigenvalue weighted by Gasteiger charge is 2.13. The molecule has 2 rings (SSSR count). The average molecular weight is 193 g/mol. The molecule has 1 atom stereocenters. The van der Waals surface area contributed by atoms with Crippen LogP contribution in [0.3, 0.4) is 0 Å². The van der Waals surface area contributed by atoms with Gasteiger partial charge in [-0.3, -0.25) is 0 Å². The van der Waals surface area contributed by atoms with Crippen LogP contribution in [0.15, 0.2) is 12.5 Å². The zero-order valence-corrected chi connectivity index (χ0v) is 8.87. The van der Waals surface area contributed by atoms with E-state index in [0.717, 1.165) is 18.9 Å². The Morgan fingerprint density at radius 1 is 1.64 bits per heavy atom. The summed E-state index contributed by atoms with van der Waals surface area (Å²) < 4.78 is 2.23. The van der Waals surface area contributed by atoms with Gasteiger partial charge in [0.25, 0.3) is 0 Å². The van der Waals surface area contributed by atoms with Crippen LogP contribution in [0.2, 0.25) is 0 Å². The van der Waals surface area contributed by atoms with E-state index < -0.39 is 0 Å². The fourth-order valence-electron chi connectivity index (χ4n) is 2.07. The highest BCUT2D eigenvalue weighted by atomic mass is 15.0. The van der Waals surface area contributed by atoms with Gasteiger partial charge in [-0.15, -0.1) is 0 Å². The molecule has 14 heavy (non-hydrogen) atoms. The number of rotatable bonds is 3. The van der Waals surface area contributed by atoms with Gasteiger partial charge in [0.05, 0.1) is 12.0 Å². The summed E-state index contributed by atoms with van der Waals surface area (Å²) in [5.41, 5.74) is 1.20. The Labute approximate surface area is 85.5 Å². The van der Waals surface area contributed by atoms with Crippen molar-refractivity contribution < 1.29 is 0 Å². The number of nitrogens with one attached hydrogen (secondary N) is 1. The van der Waals surface area contributed by atoms with E-state index in [1.807, 2.05) is 6.33 Å². The largest absolute Gasteiger partial charge is 0.337 e. The molecule has 3 heteroatoms. The van der Waals surface area contributed by atoms with E-state index in [2.05, 4.69) is 28.0 Å². The molecule has 1 saturated heterocycles. The summed E-state index contributed by atoms with van der Waals surface area (Å²) in [5, 5.41) is 3.44. The second-order valence-electron chi connectivity index (χ2n) is 4.13. The minimum Gasteiger partial charge on any atom is -0.337 e. The molecule has 0 unspecified atom stereocenters. The smallest absolute Gasteiger partial charge is 0.0949 e. The molecule has 0 radical (unpaired) electrons. The van der Waals surface area contributed by atoms with Crippen molar-refractivity contribution >= 4 is 0 Å². The van der Waals surface area contributed by atoms with Gasteiger partial charge in [-0.25, -0.2) is 4.98 Å². The molecule has 0 aromatic carbocycles.